The third-order valence-electron chi connectivity index (χ3n) is 9.56. The maximum Gasteiger partial charge on any atom is 0.250 e. The number of carbonyl (C=O) groups excluding carboxylic acids is 1. The Labute approximate surface area is 224 Å². The number of aromatic nitrogens is 1. The lowest BCUT2D eigenvalue weighted by Gasteiger charge is -2.58. The van der Waals surface area contributed by atoms with Gasteiger partial charge in [-0.1, -0.05) is 35.4 Å². The highest BCUT2D eigenvalue weighted by Gasteiger charge is 2.51. The molecule has 2 aromatic carbocycles. The van der Waals surface area contributed by atoms with Crippen molar-refractivity contribution < 1.29 is 4.79 Å². The zero-order valence-electron chi connectivity index (χ0n) is 21.7. The van der Waals surface area contributed by atoms with Crippen LogP contribution >= 0.6 is 11.6 Å². The van der Waals surface area contributed by atoms with E-state index < -0.39 is 0 Å². The molecule has 37 heavy (non-hydrogen) atoms. The van der Waals surface area contributed by atoms with Crippen molar-refractivity contribution in [1.29, 1.82) is 0 Å². The average Bonchev–Trinajstić information content (AvgIpc) is 3.22. The summed E-state index contributed by atoms with van der Waals surface area (Å²) in [4.78, 5) is 19.0. The van der Waals surface area contributed by atoms with Crippen LogP contribution in [0.15, 0.2) is 54.2 Å². The molecule has 0 N–H and O–H groups in total. The van der Waals surface area contributed by atoms with Gasteiger partial charge in [0.1, 0.15) is 0 Å². The van der Waals surface area contributed by atoms with Gasteiger partial charge in [-0.05, 0) is 106 Å². The highest BCUT2D eigenvalue weighted by atomic mass is 35.5. The molecule has 3 aromatic rings. The topological polar surface area (TPSA) is 28.5 Å². The van der Waals surface area contributed by atoms with Crippen LogP contribution in [0.3, 0.4) is 0 Å². The zero-order chi connectivity index (χ0) is 25.1. The molecule has 1 aromatic heterocycles. The van der Waals surface area contributed by atoms with E-state index in [-0.39, 0.29) is 0 Å². The maximum absolute atomic E-state index is 14.0. The van der Waals surface area contributed by atoms with Gasteiger partial charge in [-0.15, -0.1) is 0 Å². The van der Waals surface area contributed by atoms with Crippen LogP contribution in [0.2, 0.25) is 5.02 Å². The molecule has 4 fully saturated rings. The minimum atomic E-state index is 0.292. The van der Waals surface area contributed by atoms with Crippen LogP contribution in [0.4, 0.5) is 0 Å². The molecule has 0 radical (unpaired) electrons. The lowest BCUT2D eigenvalue weighted by molar-refractivity contribution is -0.145. The van der Waals surface area contributed by atoms with Crippen molar-refractivity contribution in [2.24, 2.45) is 11.8 Å². The number of hydrogen-bond donors (Lipinski definition) is 0. The standard InChI is InChI=1S/C32H36ClN3O/c1-21-9-11-29-28(15-21)25(19-35(29)18-22-5-2-7-26(33)16-22)17-23-10-12-30-27-8-4-14-34-13-3-6-24(31(27)34)20-36(30)32(23)37/h2,5,7,9,11,15-17,19,24,27,30-31H,3-4,6,8,10,12-14,18,20H2,1H3/b23-17+/t24-,27+,30+,31-/m0/s1. The molecule has 0 bridgehead atoms. The van der Waals surface area contributed by atoms with Gasteiger partial charge in [-0.3, -0.25) is 9.69 Å². The van der Waals surface area contributed by atoms with Gasteiger partial charge < -0.3 is 9.47 Å². The van der Waals surface area contributed by atoms with Crippen LogP contribution in [0, 0.1) is 18.8 Å². The van der Waals surface area contributed by atoms with Crippen LogP contribution in [-0.2, 0) is 11.3 Å². The summed E-state index contributed by atoms with van der Waals surface area (Å²) in [6, 6.07) is 15.9. The fourth-order valence-corrected chi connectivity index (χ4v) is 8.24. The fourth-order valence-electron chi connectivity index (χ4n) is 8.03. The van der Waals surface area contributed by atoms with E-state index in [0.717, 1.165) is 48.1 Å². The Hall–Kier alpha value is -2.56. The van der Waals surface area contributed by atoms with E-state index in [4.69, 9.17) is 11.6 Å². The van der Waals surface area contributed by atoms with Gasteiger partial charge >= 0.3 is 0 Å². The normalized spacial score (nSPS) is 29.0. The Morgan fingerprint density at radius 3 is 2.78 bits per heavy atom. The number of hydrogen-bond acceptors (Lipinski definition) is 2. The predicted octanol–water partition coefficient (Wildman–Crippen LogP) is 6.53. The van der Waals surface area contributed by atoms with Crippen LogP contribution in [-0.4, -0.2) is 52.0 Å². The van der Waals surface area contributed by atoms with Crippen molar-refractivity contribution in [3.63, 3.8) is 0 Å². The minimum Gasteiger partial charge on any atom is -0.342 e. The van der Waals surface area contributed by atoms with Gasteiger partial charge in [-0.2, -0.15) is 0 Å². The van der Waals surface area contributed by atoms with E-state index in [1.165, 1.54) is 60.8 Å². The molecule has 0 spiro atoms. The van der Waals surface area contributed by atoms with Gasteiger partial charge in [-0.25, -0.2) is 0 Å². The second-order valence-electron chi connectivity index (χ2n) is 11.8. The Bertz CT molecular complexity index is 1390. The van der Waals surface area contributed by atoms with E-state index in [2.05, 4.69) is 57.8 Å². The molecule has 0 aliphatic carbocycles. The van der Waals surface area contributed by atoms with Crippen molar-refractivity contribution in [3.8, 4) is 0 Å². The van der Waals surface area contributed by atoms with Crippen molar-refractivity contribution in [2.45, 2.75) is 64.1 Å². The molecule has 4 nitrogen and oxygen atoms in total. The predicted molar refractivity (Wildman–Crippen MR) is 151 cm³/mol. The van der Waals surface area contributed by atoms with E-state index in [0.29, 0.717) is 23.8 Å². The molecule has 5 heteroatoms. The molecule has 4 atom stereocenters. The van der Waals surface area contributed by atoms with Crippen LogP contribution in [0.25, 0.3) is 17.0 Å². The Kier molecular flexibility index (Phi) is 5.93. The first kappa shape index (κ1) is 23.5. The monoisotopic (exact) mass is 513 g/mol. The first-order chi connectivity index (χ1) is 18.0. The Balaban J connectivity index is 1.21. The number of rotatable bonds is 3. The van der Waals surface area contributed by atoms with Gasteiger partial charge in [0.25, 0.3) is 0 Å². The molecule has 4 aliphatic heterocycles. The summed E-state index contributed by atoms with van der Waals surface area (Å²) < 4.78 is 2.30. The van der Waals surface area contributed by atoms with Gasteiger partial charge in [0.2, 0.25) is 5.91 Å². The summed E-state index contributed by atoms with van der Waals surface area (Å²) >= 11 is 6.27. The molecule has 7 rings (SSSR count). The molecule has 0 saturated carbocycles. The lowest BCUT2D eigenvalue weighted by Crippen LogP contribution is -2.66. The summed E-state index contributed by atoms with van der Waals surface area (Å²) in [6.07, 6.45) is 11.6. The van der Waals surface area contributed by atoms with E-state index in [9.17, 15) is 4.79 Å². The van der Waals surface area contributed by atoms with Crippen molar-refractivity contribution in [1.82, 2.24) is 14.4 Å². The molecule has 4 aliphatic rings. The number of amides is 1. The number of piperidine rings is 4. The third-order valence-corrected chi connectivity index (χ3v) is 9.79. The largest absolute Gasteiger partial charge is 0.342 e. The maximum atomic E-state index is 14.0. The number of aryl methyl sites for hydroxylation is 1. The number of fused-ring (bicyclic) bond motifs is 3. The first-order valence-corrected chi connectivity index (χ1v) is 14.5. The minimum absolute atomic E-state index is 0.292. The second-order valence-corrected chi connectivity index (χ2v) is 12.3. The summed E-state index contributed by atoms with van der Waals surface area (Å²) in [5.41, 5.74) is 5.76. The molecule has 4 saturated heterocycles. The van der Waals surface area contributed by atoms with Gasteiger partial charge in [0.15, 0.2) is 0 Å². The van der Waals surface area contributed by atoms with Crippen molar-refractivity contribution >= 4 is 34.5 Å². The third kappa shape index (κ3) is 4.13. The first-order valence-electron chi connectivity index (χ1n) is 14.1. The van der Waals surface area contributed by atoms with Gasteiger partial charge in [0, 0.05) is 58.4 Å². The van der Waals surface area contributed by atoms with E-state index >= 15 is 0 Å². The molecule has 1 amide bonds. The number of benzene rings is 2. The number of carbonyl (C=O) groups is 1. The smallest absolute Gasteiger partial charge is 0.250 e. The van der Waals surface area contributed by atoms with Crippen molar-refractivity contribution in [3.05, 3.63) is 75.9 Å². The molecular weight excluding hydrogens is 478 g/mol. The summed E-state index contributed by atoms with van der Waals surface area (Å²) in [5, 5.41) is 1.98. The van der Waals surface area contributed by atoms with Crippen LogP contribution < -0.4 is 0 Å². The molecule has 192 valence electrons. The lowest BCUT2D eigenvalue weighted by atomic mass is 9.67. The number of halogens is 1. The highest BCUT2D eigenvalue weighted by Crippen LogP contribution is 2.45. The van der Waals surface area contributed by atoms with E-state index in [1.807, 2.05) is 18.2 Å². The van der Waals surface area contributed by atoms with Gasteiger partial charge in [0.05, 0.1) is 0 Å². The SMILES string of the molecule is Cc1ccc2c(c1)c(/C=C1\CC[C@@H]3[C@H]4CCCN5CCC[C@@H](CN3C1=O)[C@@H]45)cn2Cc1cccc(Cl)c1. The quantitative estimate of drug-likeness (QED) is 0.372. The number of nitrogens with zero attached hydrogens (tertiary/aromatic N) is 3. The Morgan fingerprint density at radius 2 is 1.92 bits per heavy atom. The van der Waals surface area contributed by atoms with E-state index in [1.54, 1.807) is 0 Å². The molecule has 5 heterocycles. The van der Waals surface area contributed by atoms with Crippen LogP contribution in [0.1, 0.15) is 55.2 Å². The molecule has 0 unspecified atom stereocenters. The Morgan fingerprint density at radius 1 is 1.05 bits per heavy atom. The molecular formula is C32H36ClN3O. The summed E-state index contributed by atoms with van der Waals surface area (Å²) in [7, 11) is 0. The van der Waals surface area contributed by atoms with Crippen LogP contribution in [0.5, 0.6) is 0 Å². The zero-order valence-corrected chi connectivity index (χ0v) is 22.5. The average molecular weight is 514 g/mol. The summed E-state index contributed by atoms with van der Waals surface area (Å²) in [6.45, 7) is 6.38. The second kappa shape index (κ2) is 9.32. The highest BCUT2D eigenvalue weighted by molar-refractivity contribution is 6.30. The summed E-state index contributed by atoms with van der Waals surface area (Å²) in [5.74, 6) is 1.61. The fraction of sp³-hybridized carbons (Fsp3) is 0.469. The van der Waals surface area contributed by atoms with Crippen molar-refractivity contribution in [2.75, 3.05) is 19.6 Å².